The zero-order valence-electron chi connectivity index (χ0n) is 4.14. The third-order valence-corrected chi connectivity index (χ3v) is 4.33. The second-order valence-corrected chi connectivity index (χ2v) is 5.03. The summed E-state index contributed by atoms with van der Waals surface area (Å²) in [5, 5.41) is 0. The zero-order chi connectivity index (χ0) is 5.82. The average molecular weight is 284 g/mol. The fourth-order valence-electron chi connectivity index (χ4n) is 0.462. The van der Waals surface area contributed by atoms with E-state index in [0.29, 0.717) is 0 Å². The molecule has 1 aromatic carbocycles. The van der Waals surface area contributed by atoms with Crippen LogP contribution in [0.5, 0.6) is 0 Å². The minimum Gasteiger partial charge on any atom is -0.0619 e. The van der Waals surface area contributed by atoms with E-state index < -0.39 is 0 Å². The molecule has 0 N–H and O–H groups in total. The van der Waals surface area contributed by atoms with Gasteiger partial charge in [0.15, 0.2) is 0 Å². The molecule has 1 rings (SSSR count). The van der Waals surface area contributed by atoms with Crippen molar-refractivity contribution in [2.45, 2.75) is 0 Å². The van der Waals surface area contributed by atoms with Crippen LogP contribution in [0.4, 0.5) is 0 Å². The van der Waals surface area contributed by atoms with Crippen molar-refractivity contribution < 1.29 is 19.0 Å². The lowest BCUT2D eigenvalue weighted by Gasteiger charge is -1.74. The van der Waals surface area contributed by atoms with Crippen LogP contribution in [0.1, 0.15) is 0 Å². The van der Waals surface area contributed by atoms with Crippen LogP contribution in [0.3, 0.4) is 0 Å². The zero-order valence-corrected chi connectivity index (χ0v) is 7.89. The first-order chi connectivity index (χ1) is 3.93. The fraction of sp³-hybridized carbons (Fsp3) is 0. The molecule has 0 atom stereocenters. The van der Waals surface area contributed by atoms with E-state index in [1.807, 2.05) is 6.07 Å². The second-order valence-electron chi connectivity index (χ2n) is 1.37. The van der Waals surface area contributed by atoms with E-state index in [1.54, 1.807) is 0 Å². The Labute approximate surface area is 65.3 Å². The first-order valence-electron chi connectivity index (χ1n) is 2.24. The van der Waals surface area contributed by atoms with Gasteiger partial charge in [0, 0.05) is 0 Å². The summed E-state index contributed by atoms with van der Waals surface area (Å²) < 4.78 is 1.44. The maximum absolute atomic E-state index is 3.47. The van der Waals surface area contributed by atoms with Crippen molar-refractivity contribution >= 4 is 12.7 Å². The van der Waals surface area contributed by atoms with Crippen LogP contribution in [-0.2, 0) is 0 Å². The minimum atomic E-state index is 0.122. The Kier molecular flexibility index (Phi) is 2.83. The summed E-state index contributed by atoms with van der Waals surface area (Å²) in [6, 6.07) is 10.5. The molecule has 42 valence electrons. The van der Waals surface area contributed by atoms with Gasteiger partial charge in [0.2, 0.25) is 3.57 Å². The summed E-state index contributed by atoms with van der Waals surface area (Å²) in [5.74, 6) is 0. The van der Waals surface area contributed by atoms with Gasteiger partial charge in [-0.25, -0.2) is 0 Å². The lowest BCUT2D eigenvalue weighted by atomic mass is 10.4. The molecule has 0 saturated heterocycles. The molecule has 0 nitrogen and oxygen atoms in total. The molecule has 0 bridgehead atoms. The van der Waals surface area contributed by atoms with Crippen LogP contribution in [-0.4, -0.2) is 0 Å². The normalized spacial score (nSPS) is 9.12. The molecule has 2 heteroatoms. The lowest BCUT2D eigenvalue weighted by molar-refractivity contribution is -0.424. The highest BCUT2D eigenvalue weighted by molar-refractivity contribution is 9.04. The molecule has 8 heavy (non-hydrogen) atoms. The van der Waals surface area contributed by atoms with Crippen LogP contribution in [0.2, 0.25) is 0 Å². The molecule has 0 unspecified atom stereocenters. The molecule has 0 spiro atoms. The summed E-state index contributed by atoms with van der Waals surface area (Å²) in [6.45, 7) is 0. The largest absolute Gasteiger partial charge is 0.404 e. The number of benzene rings is 1. The third kappa shape index (κ3) is 1.74. The summed E-state index contributed by atoms with van der Waals surface area (Å²) in [4.78, 5) is 0. The molecule has 1 aromatic rings. The van der Waals surface area contributed by atoms with E-state index in [4.69, 9.17) is 0 Å². The molecular formula is C6H5BrI+. The molecule has 0 aliphatic carbocycles. The SMILES string of the molecule is Br[I+]c1ccccc1. The molecule has 0 amide bonds. The minimum absolute atomic E-state index is 0.122. The molecule has 0 heterocycles. The summed E-state index contributed by atoms with van der Waals surface area (Å²) in [6.07, 6.45) is 0. The van der Waals surface area contributed by atoms with Crippen molar-refractivity contribution in [3.05, 3.63) is 33.9 Å². The summed E-state index contributed by atoms with van der Waals surface area (Å²) >= 11 is 3.59. The third-order valence-electron chi connectivity index (χ3n) is 0.816. The Morgan fingerprint density at radius 1 is 1.12 bits per heavy atom. The monoisotopic (exact) mass is 283 g/mol. The van der Waals surface area contributed by atoms with E-state index in [0.717, 1.165) is 0 Å². The Hall–Kier alpha value is 0.430. The van der Waals surface area contributed by atoms with Crippen LogP contribution < -0.4 is 19.0 Å². The van der Waals surface area contributed by atoms with Gasteiger partial charge in [-0.3, -0.25) is 0 Å². The van der Waals surface area contributed by atoms with E-state index >= 15 is 0 Å². The van der Waals surface area contributed by atoms with Crippen molar-refractivity contribution in [1.29, 1.82) is 0 Å². The van der Waals surface area contributed by atoms with E-state index in [-0.39, 0.29) is 19.0 Å². The number of hydrogen-bond acceptors (Lipinski definition) is 0. The maximum Gasteiger partial charge on any atom is 0.404 e. The highest BCUT2D eigenvalue weighted by atomic mass is 127. The highest BCUT2D eigenvalue weighted by Crippen LogP contribution is 1.81. The van der Waals surface area contributed by atoms with Crippen LogP contribution in [0.25, 0.3) is 0 Å². The Morgan fingerprint density at radius 2 is 1.75 bits per heavy atom. The van der Waals surface area contributed by atoms with Gasteiger partial charge in [0.25, 0.3) is 12.7 Å². The average Bonchev–Trinajstić information content (AvgIpc) is 1.90. The van der Waals surface area contributed by atoms with Crippen molar-refractivity contribution in [3.63, 3.8) is 0 Å². The lowest BCUT2D eigenvalue weighted by Crippen LogP contribution is -3.54. The van der Waals surface area contributed by atoms with E-state index in [1.165, 1.54) is 3.57 Å². The van der Waals surface area contributed by atoms with Crippen molar-refractivity contribution in [3.8, 4) is 0 Å². The van der Waals surface area contributed by atoms with E-state index in [9.17, 15) is 0 Å². The van der Waals surface area contributed by atoms with Crippen molar-refractivity contribution in [2.75, 3.05) is 0 Å². The van der Waals surface area contributed by atoms with Crippen LogP contribution >= 0.6 is 12.7 Å². The fourth-order valence-corrected chi connectivity index (χ4v) is 2.49. The first kappa shape index (κ1) is 6.55. The van der Waals surface area contributed by atoms with Gasteiger partial charge >= 0.3 is 19.0 Å². The Balaban J connectivity index is 2.83. The predicted octanol–water partition coefficient (Wildman–Crippen LogP) is -0.745. The number of rotatable bonds is 1. The van der Waals surface area contributed by atoms with Crippen molar-refractivity contribution in [1.82, 2.24) is 0 Å². The number of hydrogen-bond donors (Lipinski definition) is 0. The van der Waals surface area contributed by atoms with Crippen LogP contribution in [0, 0.1) is 3.57 Å². The Bertz CT molecular complexity index is 150. The van der Waals surface area contributed by atoms with Gasteiger partial charge in [0.05, 0.1) is 0 Å². The maximum atomic E-state index is 3.47. The van der Waals surface area contributed by atoms with Gasteiger partial charge in [0.1, 0.15) is 0 Å². The van der Waals surface area contributed by atoms with Gasteiger partial charge in [-0.1, -0.05) is 18.2 Å². The quantitative estimate of drug-likeness (QED) is 0.596. The standard InChI is InChI=1S/C6H5BrI/c7-8-6-4-2-1-3-5-6/h1-5H/q+1. The highest BCUT2D eigenvalue weighted by Gasteiger charge is 2.02. The molecule has 0 aliphatic rings. The molecule has 0 aromatic heterocycles. The van der Waals surface area contributed by atoms with Crippen molar-refractivity contribution in [2.24, 2.45) is 0 Å². The first-order valence-corrected chi connectivity index (χ1v) is 8.16. The number of halogens is 2. The Morgan fingerprint density at radius 3 is 2.12 bits per heavy atom. The van der Waals surface area contributed by atoms with Gasteiger partial charge in [-0.05, 0) is 12.1 Å². The molecule has 0 radical (unpaired) electrons. The van der Waals surface area contributed by atoms with Crippen LogP contribution in [0.15, 0.2) is 30.3 Å². The van der Waals surface area contributed by atoms with E-state index in [2.05, 4.69) is 37.0 Å². The topological polar surface area (TPSA) is 0 Å². The van der Waals surface area contributed by atoms with Gasteiger partial charge in [-0.2, -0.15) is 0 Å². The predicted molar refractivity (Wildman–Crippen MR) is 34.1 cm³/mol. The molecule has 0 fully saturated rings. The molecule has 0 saturated carbocycles. The second kappa shape index (κ2) is 3.45. The summed E-state index contributed by atoms with van der Waals surface area (Å²) in [5.41, 5.74) is 0. The molecular weight excluding hydrogens is 279 g/mol. The summed E-state index contributed by atoms with van der Waals surface area (Å²) in [7, 11) is 0. The van der Waals surface area contributed by atoms with Gasteiger partial charge in [-0.15, -0.1) is 0 Å². The molecule has 0 aliphatic heterocycles. The smallest absolute Gasteiger partial charge is 0.0619 e. The van der Waals surface area contributed by atoms with Gasteiger partial charge < -0.3 is 0 Å².